The van der Waals surface area contributed by atoms with Crippen LogP contribution in [0.2, 0.25) is 0 Å². The highest BCUT2D eigenvalue weighted by atomic mass is 32.2. The van der Waals surface area contributed by atoms with Crippen molar-refractivity contribution in [1.82, 2.24) is 0 Å². The van der Waals surface area contributed by atoms with Crippen molar-refractivity contribution in [3.05, 3.63) is 64.7 Å². The number of para-hydroxylation sites is 1. The second-order valence-electron chi connectivity index (χ2n) is 4.14. The van der Waals surface area contributed by atoms with Crippen LogP contribution in [0.4, 0.5) is 5.69 Å². The average molecular weight is 303 g/mol. The molecule has 0 atom stereocenters. The van der Waals surface area contributed by atoms with Crippen molar-refractivity contribution < 1.29 is 14.5 Å². The van der Waals surface area contributed by atoms with E-state index < -0.39 is 4.92 Å². The lowest BCUT2D eigenvalue weighted by molar-refractivity contribution is -0.384. The van der Waals surface area contributed by atoms with Crippen molar-refractivity contribution >= 4 is 23.4 Å². The molecule has 108 valence electrons. The minimum Gasteiger partial charge on any atom is -0.427 e. The summed E-state index contributed by atoms with van der Waals surface area (Å²) in [6, 6.07) is 15.1. The first-order chi connectivity index (χ1) is 10.1. The van der Waals surface area contributed by atoms with Gasteiger partial charge in [0.1, 0.15) is 5.75 Å². The van der Waals surface area contributed by atoms with Gasteiger partial charge < -0.3 is 4.74 Å². The van der Waals surface area contributed by atoms with Gasteiger partial charge in [-0.15, -0.1) is 11.8 Å². The zero-order valence-electron chi connectivity index (χ0n) is 11.1. The van der Waals surface area contributed by atoms with Gasteiger partial charge in [-0.05, 0) is 24.3 Å². The summed E-state index contributed by atoms with van der Waals surface area (Å²) in [6.45, 7) is 0. The maximum Gasteiger partial charge on any atom is 0.312 e. The number of esters is 1. The Morgan fingerprint density at radius 2 is 1.76 bits per heavy atom. The van der Waals surface area contributed by atoms with Crippen molar-refractivity contribution in [2.24, 2.45) is 0 Å². The van der Waals surface area contributed by atoms with E-state index in [-0.39, 0.29) is 18.1 Å². The van der Waals surface area contributed by atoms with Gasteiger partial charge in [-0.2, -0.15) is 0 Å². The summed E-state index contributed by atoms with van der Waals surface area (Å²) >= 11 is 1.46. The van der Waals surface area contributed by atoms with Crippen LogP contribution in [0.5, 0.6) is 5.75 Å². The van der Waals surface area contributed by atoms with Crippen molar-refractivity contribution in [3.8, 4) is 5.75 Å². The Bertz CT molecular complexity index is 613. The Balaban J connectivity index is 1.76. The monoisotopic (exact) mass is 303 g/mol. The minimum atomic E-state index is -0.439. The van der Waals surface area contributed by atoms with E-state index in [2.05, 4.69) is 0 Å². The van der Waals surface area contributed by atoms with E-state index in [1.54, 1.807) is 36.4 Å². The van der Waals surface area contributed by atoms with Crippen molar-refractivity contribution in [1.29, 1.82) is 0 Å². The maximum atomic E-state index is 11.6. The molecule has 0 saturated heterocycles. The standard InChI is InChI=1S/C15H13NO4S/c17-15(20-13-4-2-1-3-5-13)10-11-21-14-8-6-12(7-9-14)16(18)19/h1-9H,10-11H2. The molecular formula is C15H13NO4S. The summed E-state index contributed by atoms with van der Waals surface area (Å²) in [6.07, 6.45) is 0.274. The van der Waals surface area contributed by atoms with E-state index in [0.29, 0.717) is 11.5 Å². The molecule has 0 aliphatic carbocycles. The van der Waals surface area contributed by atoms with E-state index in [0.717, 1.165) is 4.90 Å². The number of ether oxygens (including phenoxy) is 1. The van der Waals surface area contributed by atoms with Gasteiger partial charge >= 0.3 is 5.97 Å². The topological polar surface area (TPSA) is 69.4 Å². The number of non-ortho nitro benzene ring substituents is 1. The number of nitro benzene ring substituents is 1. The summed E-state index contributed by atoms with van der Waals surface area (Å²) < 4.78 is 5.16. The predicted molar refractivity (Wildman–Crippen MR) is 80.5 cm³/mol. The summed E-state index contributed by atoms with van der Waals surface area (Å²) in [4.78, 5) is 22.6. The van der Waals surface area contributed by atoms with Crippen LogP contribution in [-0.2, 0) is 4.79 Å². The average Bonchev–Trinajstić information content (AvgIpc) is 2.49. The third kappa shape index (κ3) is 4.92. The second-order valence-corrected chi connectivity index (χ2v) is 5.30. The smallest absolute Gasteiger partial charge is 0.312 e. The molecule has 2 aromatic carbocycles. The molecule has 0 fully saturated rings. The number of nitrogens with zero attached hydrogens (tertiary/aromatic N) is 1. The Kier molecular flexibility index (Phi) is 5.34. The maximum absolute atomic E-state index is 11.6. The fraction of sp³-hybridized carbons (Fsp3) is 0.133. The summed E-state index contributed by atoms with van der Waals surface area (Å²) in [5, 5.41) is 10.5. The van der Waals surface area contributed by atoms with Gasteiger partial charge in [-0.1, -0.05) is 18.2 Å². The van der Waals surface area contributed by atoms with Crippen LogP contribution in [-0.4, -0.2) is 16.6 Å². The number of hydrogen-bond acceptors (Lipinski definition) is 5. The first-order valence-corrected chi connectivity index (χ1v) is 7.27. The Labute approximate surface area is 126 Å². The molecule has 0 unspecified atom stereocenters. The first-order valence-electron chi connectivity index (χ1n) is 6.28. The third-order valence-electron chi connectivity index (χ3n) is 2.60. The molecule has 0 aliphatic rings. The summed E-state index contributed by atoms with van der Waals surface area (Å²) in [7, 11) is 0. The quantitative estimate of drug-likeness (QED) is 0.268. The van der Waals surface area contributed by atoms with E-state index in [1.165, 1.54) is 23.9 Å². The molecule has 0 N–H and O–H groups in total. The molecule has 5 nitrogen and oxygen atoms in total. The van der Waals surface area contributed by atoms with Crippen LogP contribution in [0.25, 0.3) is 0 Å². The lowest BCUT2D eigenvalue weighted by Crippen LogP contribution is -2.08. The molecule has 2 rings (SSSR count). The highest BCUT2D eigenvalue weighted by molar-refractivity contribution is 7.99. The van der Waals surface area contributed by atoms with Crippen LogP contribution in [0.15, 0.2) is 59.5 Å². The molecule has 0 heterocycles. The van der Waals surface area contributed by atoms with E-state index in [1.807, 2.05) is 6.07 Å². The minimum absolute atomic E-state index is 0.0582. The number of thioether (sulfide) groups is 1. The van der Waals surface area contributed by atoms with Crippen molar-refractivity contribution in [2.75, 3.05) is 5.75 Å². The zero-order valence-corrected chi connectivity index (χ0v) is 11.9. The largest absolute Gasteiger partial charge is 0.427 e. The zero-order chi connectivity index (χ0) is 15.1. The predicted octanol–water partition coefficient (Wildman–Crippen LogP) is 3.68. The van der Waals surface area contributed by atoms with Crippen molar-refractivity contribution in [3.63, 3.8) is 0 Å². The molecule has 0 aliphatic heterocycles. The number of carbonyl (C=O) groups excluding carboxylic acids is 1. The lowest BCUT2D eigenvalue weighted by Gasteiger charge is -2.04. The third-order valence-corrected chi connectivity index (χ3v) is 3.61. The fourth-order valence-electron chi connectivity index (χ4n) is 1.59. The normalized spacial score (nSPS) is 10.1. The van der Waals surface area contributed by atoms with Crippen LogP contribution < -0.4 is 4.74 Å². The second kappa shape index (κ2) is 7.44. The Morgan fingerprint density at radius 1 is 1.10 bits per heavy atom. The Morgan fingerprint density at radius 3 is 2.38 bits per heavy atom. The summed E-state index contributed by atoms with van der Waals surface area (Å²) in [5.41, 5.74) is 0.0582. The fourth-order valence-corrected chi connectivity index (χ4v) is 2.42. The van der Waals surface area contributed by atoms with Crippen LogP contribution in [0.3, 0.4) is 0 Å². The molecular weight excluding hydrogens is 290 g/mol. The molecule has 0 spiro atoms. The Hall–Kier alpha value is -2.34. The van der Waals surface area contributed by atoms with Gasteiger partial charge in [-0.25, -0.2) is 0 Å². The van der Waals surface area contributed by atoms with E-state index >= 15 is 0 Å². The number of nitro groups is 1. The molecule has 0 radical (unpaired) electrons. The van der Waals surface area contributed by atoms with E-state index in [9.17, 15) is 14.9 Å². The van der Waals surface area contributed by atoms with E-state index in [4.69, 9.17) is 4.74 Å². The number of rotatable bonds is 6. The number of benzene rings is 2. The van der Waals surface area contributed by atoms with Gasteiger partial charge in [0.15, 0.2) is 0 Å². The van der Waals surface area contributed by atoms with Gasteiger partial charge in [0.2, 0.25) is 0 Å². The van der Waals surface area contributed by atoms with Crippen molar-refractivity contribution in [2.45, 2.75) is 11.3 Å². The molecule has 0 aromatic heterocycles. The summed E-state index contributed by atoms with van der Waals surface area (Å²) in [5.74, 6) is 0.794. The molecule has 21 heavy (non-hydrogen) atoms. The molecule has 6 heteroatoms. The highest BCUT2D eigenvalue weighted by Gasteiger charge is 2.07. The van der Waals surface area contributed by atoms with Gasteiger partial charge in [0.25, 0.3) is 5.69 Å². The lowest BCUT2D eigenvalue weighted by atomic mass is 10.3. The van der Waals surface area contributed by atoms with Crippen LogP contribution in [0, 0.1) is 10.1 Å². The van der Waals surface area contributed by atoms with Crippen LogP contribution in [0.1, 0.15) is 6.42 Å². The molecule has 0 bridgehead atoms. The number of hydrogen-bond donors (Lipinski definition) is 0. The SMILES string of the molecule is O=C(CCSc1ccc([N+](=O)[O-])cc1)Oc1ccccc1. The highest BCUT2D eigenvalue weighted by Crippen LogP contribution is 2.22. The van der Waals surface area contributed by atoms with Gasteiger partial charge in [0.05, 0.1) is 11.3 Å². The van der Waals surface area contributed by atoms with Crippen LogP contribution >= 0.6 is 11.8 Å². The first kappa shape index (κ1) is 15.1. The molecule has 0 amide bonds. The molecule has 0 saturated carbocycles. The van der Waals surface area contributed by atoms with Gasteiger partial charge in [0, 0.05) is 22.8 Å². The molecule has 2 aromatic rings. The van der Waals surface area contributed by atoms with Gasteiger partial charge in [-0.3, -0.25) is 14.9 Å². The number of carbonyl (C=O) groups is 1.